The van der Waals surface area contributed by atoms with Crippen LogP contribution >= 0.6 is 0 Å². The lowest BCUT2D eigenvalue weighted by Gasteiger charge is -2.10. The number of amides is 1. The van der Waals surface area contributed by atoms with Gasteiger partial charge in [0, 0.05) is 20.1 Å². The molecule has 1 atom stereocenters. The second-order valence-corrected chi connectivity index (χ2v) is 3.87. The van der Waals surface area contributed by atoms with Gasteiger partial charge in [0.2, 0.25) is 5.91 Å². The highest BCUT2D eigenvalue weighted by Crippen LogP contribution is 2.01. The molecule has 5 heteroatoms. The number of unbranched alkanes of at least 4 members (excludes halogenated alkanes) is 3. The zero-order chi connectivity index (χ0) is 12.2. The summed E-state index contributed by atoms with van der Waals surface area (Å²) < 4.78 is 4.75. The van der Waals surface area contributed by atoms with Crippen LogP contribution < -0.4 is 11.1 Å². The Morgan fingerprint density at radius 2 is 2.06 bits per heavy atom. The molecule has 0 aromatic rings. The van der Waals surface area contributed by atoms with Crippen LogP contribution in [0.3, 0.4) is 0 Å². The third kappa shape index (κ3) is 9.89. The van der Waals surface area contributed by atoms with Crippen LogP contribution in [0.2, 0.25) is 0 Å². The molecule has 0 saturated heterocycles. The zero-order valence-corrected chi connectivity index (χ0v) is 10.1. The highest BCUT2D eigenvalue weighted by Gasteiger charge is 2.05. The van der Waals surface area contributed by atoms with E-state index in [1.165, 1.54) is 7.11 Å². The van der Waals surface area contributed by atoms with E-state index in [9.17, 15) is 9.90 Å². The van der Waals surface area contributed by atoms with Crippen molar-refractivity contribution in [3.63, 3.8) is 0 Å². The summed E-state index contributed by atoms with van der Waals surface area (Å²) in [7, 11) is 1.52. The van der Waals surface area contributed by atoms with Gasteiger partial charge in [-0.25, -0.2) is 0 Å². The summed E-state index contributed by atoms with van der Waals surface area (Å²) in [6, 6.07) is 0. The minimum atomic E-state index is -0.619. The second kappa shape index (κ2) is 10.9. The summed E-state index contributed by atoms with van der Waals surface area (Å²) in [5.74, 6) is -0.0112. The first-order valence-corrected chi connectivity index (χ1v) is 5.84. The Balaban J connectivity index is 3.30. The Bertz CT molecular complexity index is 177. The fourth-order valence-electron chi connectivity index (χ4n) is 1.35. The van der Waals surface area contributed by atoms with Crippen molar-refractivity contribution in [2.75, 3.05) is 26.8 Å². The molecule has 1 amide bonds. The van der Waals surface area contributed by atoms with Crippen LogP contribution in [-0.4, -0.2) is 43.9 Å². The number of hydrogen-bond acceptors (Lipinski definition) is 4. The standard InChI is InChI=1S/C11H24N2O3/c1-16-9-10(14)8-13-11(15)6-4-2-3-5-7-12/h10,14H,2-9,12H2,1H3,(H,13,15). The van der Waals surface area contributed by atoms with Crippen LogP contribution in [-0.2, 0) is 9.53 Å². The van der Waals surface area contributed by atoms with Crippen molar-refractivity contribution in [3.05, 3.63) is 0 Å². The Kier molecular flexibility index (Phi) is 10.4. The molecule has 4 N–H and O–H groups in total. The maximum absolute atomic E-state index is 11.3. The Morgan fingerprint density at radius 1 is 1.38 bits per heavy atom. The minimum Gasteiger partial charge on any atom is -0.389 e. The van der Waals surface area contributed by atoms with Crippen molar-refractivity contribution in [3.8, 4) is 0 Å². The summed E-state index contributed by atoms with van der Waals surface area (Å²) >= 11 is 0. The second-order valence-electron chi connectivity index (χ2n) is 3.87. The van der Waals surface area contributed by atoms with Crippen molar-refractivity contribution in [2.24, 2.45) is 5.73 Å². The smallest absolute Gasteiger partial charge is 0.220 e. The lowest BCUT2D eigenvalue weighted by Crippen LogP contribution is -2.34. The van der Waals surface area contributed by atoms with Crippen molar-refractivity contribution in [1.82, 2.24) is 5.32 Å². The van der Waals surface area contributed by atoms with Crippen LogP contribution in [0.4, 0.5) is 0 Å². The number of carbonyl (C=O) groups excluding carboxylic acids is 1. The highest BCUT2D eigenvalue weighted by molar-refractivity contribution is 5.75. The van der Waals surface area contributed by atoms with Gasteiger partial charge in [0.1, 0.15) is 0 Å². The fourth-order valence-corrected chi connectivity index (χ4v) is 1.35. The third-order valence-electron chi connectivity index (χ3n) is 2.25. The molecule has 0 aliphatic carbocycles. The van der Waals surface area contributed by atoms with Crippen LogP contribution in [0.5, 0.6) is 0 Å². The summed E-state index contributed by atoms with van der Waals surface area (Å²) in [4.78, 5) is 11.3. The molecule has 1 unspecified atom stereocenters. The average Bonchev–Trinajstić information content (AvgIpc) is 2.26. The van der Waals surface area contributed by atoms with Gasteiger partial charge in [-0.15, -0.1) is 0 Å². The van der Waals surface area contributed by atoms with Gasteiger partial charge in [-0.1, -0.05) is 12.8 Å². The molecule has 0 aromatic carbocycles. The van der Waals surface area contributed by atoms with E-state index >= 15 is 0 Å². The number of ether oxygens (including phenoxy) is 1. The first-order valence-electron chi connectivity index (χ1n) is 5.84. The Hall–Kier alpha value is -0.650. The molecule has 96 valence electrons. The molecule has 0 bridgehead atoms. The molecule has 0 aliphatic rings. The monoisotopic (exact) mass is 232 g/mol. The normalized spacial score (nSPS) is 12.4. The van der Waals surface area contributed by atoms with Crippen molar-refractivity contribution in [1.29, 1.82) is 0 Å². The number of rotatable bonds is 10. The molecule has 0 aromatic heterocycles. The summed E-state index contributed by atoms with van der Waals surface area (Å²) in [6.07, 6.45) is 3.91. The van der Waals surface area contributed by atoms with Gasteiger partial charge < -0.3 is 20.9 Å². The van der Waals surface area contributed by atoms with E-state index in [0.29, 0.717) is 6.42 Å². The molecular weight excluding hydrogens is 208 g/mol. The Morgan fingerprint density at radius 3 is 2.69 bits per heavy atom. The highest BCUT2D eigenvalue weighted by atomic mass is 16.5. The molecule has 0 saturated carbocycles. The number of hydrogen-bond donors (Lipinski definition) is 3. The SMILES string of the molecule is COCC(O)CNC(=O)CCCCCCN. The van der Waals surface area contributed by atoms with Gasteiger partial charge in [-0.05, 0) is 19.4 Å². The molecule has 0 spiro atoms. The maximum atomic E-state index is 11.3. The van der Waals surface area contributed by atoms with Gasteiger partial charge in [0.05, 0.1) is 12.7 Å². The summed E-state index contributed by atoms with van der Waals surface area (Å²) in [5.41, 5.74) is 5.36. The molecule has 0 fully saturated rings. The molecule has 5 nitrogen and oxygen atoms in total. The van der Waals surface area contributed by atoms with Gasteiger partial charge in [0.25, 0.3) is 0 Å². The Labute approximate surface area is 97.3 Å². The largest absolute Gasteiger partial charge is 0.389 e. The van der Waals surface area contributed by atoms with Gasteiger partial charge in [-0.2, -0.15) is 0 Å². The van der Waals surface area contributed by atoms with Gasteiger partial charge in [-0.3, -0.25) is 4.79 Å². The number of aliphatic hydroxyl groups excluding tert-OH is 1. The average molecular weight is 232 g/mol. The number of nitrogens with one attached hydrogen (secondary N) is 1. The summed E-state index contributed by atoms with van der Waals surface area (Å²) in [6.45, 7) is 1.22. The van der Waals surface area contributed by atoms with E-state index in [1.54, 1.807) is 0 Å². The molecule has 16 heavy (non-hydrogen) atoms. The predicted molar refractivity (Wildman–Crippen MR) is 63.0 cm³/mol. The van der Waals surface area contributed by atoms with Crippen molar-refractivity contribution >= 4 is 5.91 Å². The third-order valence-corrected chi connectivity index (χ3v) is 2.25. The van der Waals surface area contributed by atoms with Crippen LogP contribution in [0.15, 0.2) is 0 Å². The molecule has 0 aliphatic heterocycles. The van der Waals surface area contributed by atoms with Crippen molar-refractivity contribution < 1.29 is 14.6 Å². The van der Waals surface area contributed by atoms with Crippen LogP contribution in [0, 0.1) is 0 Å². The lowest BCUT2D eigenvalue weighted by molar-refractivity contribution is -0.121. The number of nitrogens with two attached hydrogens (primary N) is 1. The number of aliphatic hydroxyl groups is 1. The van der Waals surface area contributed by atoms with E-state index < -0.39 is 6.10 Å². The number of carbonyl (C=O) groups is 1. The number of methoxy groups -OCH3 is 1. The van der Waals surface area contributed by atoms with Gasteiger partial charge >= 0.3 is 0 Å². The fraction of sp³-hybridized carbons (Fsp3) is 0.909. The van der Waals surface area contributed by atoms with Crippen LogP contribution in [0.1, 0.15) is 32.1 Å². The van der Waals surface area contributed by atoms with E-state index in [1.807, 2.05) is 0 Å². The lowest BCUT2D eigenvalue weighted by atomic mass is 10.1. The van der Waals surface area contributed by atoms with Gasteiger partial charge in [0.15, 0.2) is 0 Å². The zero-order valence-electron chi connectivity index (χ0n) is 10.1. The topological polar surface area (TPSA) is 84.6 Å². The first-order chi connectivity index (χ1) is 7.70. The van der Waals surface area contributed by atoms with E-state index in [4.69, 9.17) is 10.5 Å². The maximum Gasteiger partial charge on any atom is 0.220 e. The molecular formula is C11H24N2O3. The van der Waals surface area contributed by atoms with E-state index in [0.717, 1.165) is 32.2 Å². The molecule has 0 rings (SSSR count). The van der Waals surface area contributed by atoms with Crippen LogP contribution in [0.25, 0.3) is 0 Å². The van der Waals surface area contributed by atoms with E-state index in [2.05, 4.69) is 5.32 Å². The van der Waals surface area contributed by atoms with Crippen molar-refractivity contribution in [2.45, 2.75) is 38.2 Å². The minimum absolute atomic E-state index is 0.0112. The van der Waals surface area contributed by atoms with E-state index in [-0.39, 0.29) is 19.1 Å². The molecule has 0 radical (unpaired) electrons. The molecule has 0 heterocycles. The summed E-state index contributed by atoms with van der Waals surface area (Å²) in [5, 5.41) is 12.0. The quantitative estimate of drug-likeness (QED) is 0.464. The predicted octanol–water partition coefficient (Wildman–Crippen LogP) is 0.0191. The first kappa shape index (κ1) is 15.3.